The zero-order chi connectivity index (χ0) is 12.0. The van der Waals surface area contributed by atoms with E-state index in [0.717, 1.165) is 18.4 Å². The number of carbonyl (C=O) groups is 1. The number of halogens is 1. The lowest BCUT2D eigenvalue weighted by Gasteiger charge is -2.14. The summed E-state index contributed by atoms with van der Waals surface area (Å²) in [5.74, 6) is -1.14. The van der Waals surface area contributed by atoms with Crippen molar-refractivity contribution in [3.63, 3.8) is 0 Å². The minimum atomic E-state index is -0.865. The fourth-order valence-corrected chi connectivity index (χ4v) is 2.49. The third-order valence-electron chi connectivity index (χ3n) is 3.58. The van der Waals surface area contributed by atoms with Crippen molar-refractivity contribution in [3.05, 3.63) is 35.8 Å². The Balaban J connectivity index is 2.11. The van der Waals surface area contributed by atoms with Gasteiger partial charge >= 0.3 is 5.97 Å². The van der Waals surface area contributed by atoms with Crippen LogP contribution < -0.4 is 0 Å². The minimum absolute atomic E-state index is 0.0137. The van der Waals surface area contributed by atoms with Crippen LogP contribution in [0.25, 0.3) is 10.9 Å². The van der Waals surface area contributed by atoms with Crippen LogP contribution in [0.2, 0.25) is 0 Å². The summed E-state index contributed by atoms with van der Waals surface area (Å²) in [5, 5.41) is 9.43. The normalized spacial score (nSPS) is 17.2. The zero-order valence-corrected chi connectivity index (χ0v) is 9.16. The van der Waals surface area contributed by atoms with E-state index in [1.807, 2.05) is 6.07 Å². The Morgan fingerprint density at radius 3 is 2.82 bits per heavy atom. The SMILES string of the molecule is O=C(O)CC1(c2ccc3[nH]ccc3c2F)CC1. The van der Waals surface area contributed by atoms with Gasteiger partial charge in [0, 0.05) is 22.5 Å². The maximum atomic E-state index is 14.3. The van der Waals surface area contributed by atoms with Crippen LogP contribution in [-0.2, 0) is 10.2 Å². The maximum Gasteiger partial charge on any atom is 0.304 e. The van der Waals surface area contributed by atoms with Crippen molar-refractivity contribution in [1.29, 1.82) is 0 Å². The number of carboxylic acid groups (broad SMARTS) is 1. The lowest BCUT2D eigenvalue weighted by Crippen LogP contribution is -2.14. The topological polar surface area (TPSA) is 53.1 Å². The van der Waals surface area contributed by atoms with Gasteiger partial charge < -0.3 is 10.1 Å². The number of H-pyrrole nitrogens is 1. The molecule has 1 aromatic carbocycles. The highest BCUT2D eigenvalue weighted by atomic mass is 19.1. The van der Waals surface area contributed by atoms with E-state index in [2.05, 4.69) is 4.98 Å². The molecule has 0 radical (unpaired) electrons. The van der Waals surface area contributed by atoms with E-state index in [0.29, 0.717) is 10.9 Å². The molecule has 1 heterocycles. The van der Waals surface area contributed by atoms with Gasteiger partial charge in [-0.15, -0.1) is 0 Å². The Morgan fingerprint density at radius 2 is 2.18 bits per heavy atom. The van der Waals surface area contributed by atoms with Crippen molar-refractivity contribution in [2.45, 2.75) is 24.7 Å². The van der Waals surface area contributed by atoms with Gasteiger partial charge in [-0.1, -0.05) is 6.07 Å². The molecule has 0 bridgehead atoms. The largest absolute Gasteiger partial charge is 0.481 e. The van der Waals surface area contributed by atoms with Gasteiger partial charge in [-0.05, 0) is 30.5 Å². The van der Waals surface area contributed by atoms with Gasteiger partial charge in [0.05, 0.1) is 6.42 Å². The molecule has 3 nitrogen and oxygen atoms in total. The van der Waals surface area contributed by atoms with Gasteiger partial charge in [-0.25, -0.2) is 4.39 Å². The van der Waals surface area contributed by atoms with Crippen LogP contribution in [0.3, 0.4) is 0 Å². The summed E-state index contributed by atoms with van der Waals surface area (Å²) in [6.07, 6.45) is 3.21. The number of hydrogen-bond acceptors (Lipinski definition) is 1. The molecule has 2 N–H and O–H groups in total. The van der Waals surface area contributed by atoms with Gasteiger partial charge in [0.15, 0.2) is 0 Å². The molecule has 0 spiro atoms. The second-order valence-electron chi connectivity index (χ2n) is 4.72. The Kier molecular flexibility index (Phi) is 2.02. The third kappa shape index (κ3) is 1.52. The van der Waals surface area contributed by atoms with Crippen molar-refractivity contribution in [1.82, 2.24) is 4.98 Å². The average molecular weight is 233 g/mol. The highest BCUT2D eigenvalue weighted by Gasteiger charge is 2.47. The fourth-order valence-electron chi connectivity index (χ4n) is 2.49. The first kappa shape index (κ1) is 10.3. The molecule has 1 aliphatic carbocycles. The molecule has 17 heavy (non-hydrogen) atoms. The van der Waals surface area contributed by atoms with E-state index in [4.69, 9.17) is 5.11 Å². The van der Waals surface area contributed by atoms with E-state index in [1.54, 1.807) is 18.3 Å². The predicted molar refractivity (Wildman–Crippen MR) is 61.4 cm³/mol. The Labute approximate surface area is 97.3 Å². The monoisotopic (exact) mass is 233 g/mol. The molecule has 88 valence electrons. The first-order chi connectivity index (χ1) is 8.12. The lowest BCUT2D eigenvalue weighted by atomic mass is 9.91. The van der Waals surface area contributed by atoms with Gasteiger partial charge in [0.2, 0.25) is 0 Å². The molecular weight excluding hydrogens is 221 g/mol. The smallest absolute Gasteiger partial charge is 0.304 e. The summed E-state index contributed by atoms with van der Waals surface area (Å²) >= 11 is 0. The number of benzene rings is 1. The summed E-state index contributed by atoms with van der Waals surface area (Å²) in [6, 6.07) is 5.21. The van der Waals surface area contributed by atoms with Crippen molar-refractivity contribution in [3.8, 4) is 0 Å². The van der Waals surface area contributed by atoms with Gasteiger partial charge in [0.1, 0.15) is 5.82 Å². The Hall–Kier alpha value is -1.84. The number of carboxylic acids is 1. The summed E-state index contributed by atoms with van der Waals surface area (Å²) < 4.78 is 14.3. The molecule has 1 aromatic heterocycles. The molecule has 2 aromatic rings. The lowest BCUT2D eigenvalue weighted by molar-refractivity contribution is -0.137. The molecule has 0 unspecified atom stereocenters. The number of aromatic nitrogens is 1. The quantitative estimate of drug-likeness (QED) is 0.856. The molecule has 0 saturated heterocycles. The molecule has 0 atom stereocenters. The Bertz CT molecular complexity index is 598. The maximum absolute atomic E-state index is 14.3. The van der Waals surface area contributed by atoms with E-state index in [-0.39, 0.29) is 12.2 Å². The molecule has 1 fully saturated rings. The summed E-state index contributed by atoms with van der Waals surface area (Å²) in [7, 11) is 0. The fraction of sp³-hybridized carbons (Fsp3) is 0.308. The van der Waals surface area contributed by atoms with Gasteiger partial charge in [-0.3, -0.25) is 4.79 Å². The molecule has 4 heteroatoms. The van der Waals surface area contributed by atoms with E-state index >= 15 is 0 Å². The van der Waals surface area contributed by atoms with Crippen molar-refractivity contribution < 1.29 is 14.3 Å². The van der Waals surface area contributed by atoms with E-state index in [9.17, 15) is 9.18 Å². The van der Waals surface area contributed by atoms with E-state index < -0.39 is 11.4 Å². The zero-order valence-electron chi connectivity index (χ0n) is 9.16. The second-order valence-corrected chi connectivity index (χ2v) is 4.72. The van der Waals surface area contributed by atoms with Crippen LogP contribution >= 0.6 is 0 Å². The van der Waals surface area contributed by atoms with Crippen molar-refractivity contribution in [2.24, 2.45) is 0 Å². The van der Waals surface area contributed by atoms with Crippen LogP contribution in [-0.4, -0.2) is 16.1 Å². The summed E-state index contributed by atoms with van der Waals surface area (Å²) in [6.45, 7) is 0. The number of aromatic amines is 1. The molecule has 1 aliphatic rings. The molecule has 0 amide bonds. The van der Waals surface area contributed by atoms with Crippen molar-refractivity contribution >= 4 is 16.9 Å². The standard InChI is InChI=1S/C13H12FNO2/c14-12-8-3-6-15-10(8)2-1-9(12)13(4-5-13)7-11(16)17/h1-3,6,15H,4-5,7H2,(H,16,17). The van der Waals surface area contributed by atoms with Crippen LogP contribution in [0.4, 0.5) is 4.39 Å². The summed E-state index contributed by atoms with van der Waals surface area (Å²) in [4.78, 5) is 13.8. The van der Waals surface area contributed by atoms with Crippen LogP contribution in [0.15, 0.2) is 24.4 Å². The van der Waals surface area contributed by atoms with Crippen LogP contribution in [0.1, 0.15) is 24.8 Å². The molecule has 1 saturated carbocycles. The number of nitrogens with one attached hydrogen (secondary N) is 1. The number of fused-ring (bicyclic) bond motifs is 1. The second kappa shape index (κ2) is 3.32. The van der Waals surface area contributed by atoms with E-state index in [1.165, 1.54) is 0 Å². The first-order valence-corrected chi connectivity index (χ1v) is 5.60. The minimum Gasteiger partial charge on any atom is -0.481 e. The average Bonchev–Trinajstić information content (AvgIpc) is 2.87. The highest BCUT2D eigenvalue weighted by molar-refractivity contribution is 5.82. The Morgan fingerprint density at radius 1 is 1.41 bits per heavy atom. The predicted octanol–water partition coefficient (Wildman–Crippen LogP) is 2.81. The highest BCUT2D eigenvalue weighted by Crippen LogP contribution is 2.52. The van der Waals surface area contributed by atoms with Gasteiger partial charge in [0.25, 0.3) is 0 Å². The third-order valence-corrected chi connectivity index (χ3v) is 3.58. The molecule has 3 rings (SSSR count). The van der Waals surface area contributed by atoms with Gasteiger partial charge in [-0.2, -0.15) is 0 Å². The van der Waals surface area contributed by atoms with Crippen LogP contribution in [0, 0.1) is 5.82 Å². The first-order valence-electron chi connectivity index (χ1n) is 5.60. The van der Waals surface area contributed by atoms with Crippen LogP contribution in [0.5, 0.6) is 0 Å². The van der Waals surface area contributed by atoms with Crippen molar-refractivity contribution in [2.75, 3.05) is 0 Å². The number of aliphatic carboxylic acids is 1. The number of hydrogen-bond donors (Lipinski definition) is 2. The summed E-state index contributed by atoms with van der Waals surface area (Å²) in [5.41, 5.74) is 0.825. The number of rotatable bonds is 3. The molecular formula is C13H12FNO2. The molecule has 0 aliphatic heterocycles.